The van der Waals surface area contributed by atoms with Gasteiger partial charge >= 0.3 is 0 Å². The number of fused-ring (bicyclic) bond motifs is 3. The van der Waals surface area contributed by atoms with E-state index in [0.29, 0.717) is 11.3 Å². The summed E-state index contributed by atoms with van der Waals surface area (Å²) in [5, 5.41) is 1.74. The van der Waals surface area contributed by atoms with Gasteiger partial charge in [0.25, 0.3) is 0 Å². The van der Waals surface area contributed by atoms with Gasteiger partial charge in [-0.3, -0.25) is 4.98 Å². The van der Waals surface area contributed by atoms with Crippen molar-refractivity contribution in [3.63, 3.8) is 0 Å². The fourth-order valence-corrected chi connectivity index (χ4v) is 4.18. The second-order valence-corrected chi connectivity index (χ2v) is 7.24. The molecular weight excluding hydrogens is 320 g/mol. The zero-order valence-electron chi connectivity index (χ0n) is 17.5. The van der Waals surface area contributed by atoms with Gasteiger partial charge in [0, 0.05) is 32.3 Å². The Labute approximate surface area is 157 Å². The summed E-state index contributed by atoms with van der Waals surface area (Å²) in [5.41, 5.74) is 4.18. The normalized spacial score (nSPS) is 17.5. The van der Waals surface area contributed by atoms with E-state index in [2.05, 4.69) is 22.1 Å². The van der Waals surface area contributed by atoms with Crippen molar-refractivity contribution in [2.45, 2.75) is 39.0 Å². The lowest BCUT2D eigenvalue weighted by Crippen LogP contribution is -1.99. The van der Waals surface area contributed by atoms with E-state index in [-0.39, 0.29) is 5.69 Å². The lowest BCUT2D eigenvalue weighted by atomic mass is 9.97. The van der Waals surface area contributed by atoms with Crippen LogP contribution >= 0.6 is 0 Å². The fourth-order valence-electron chi connectivity index (χ4n) is 4.18. The second-order valence-electron chi connectivity index (χ2n) is 7.24. The highest BCUT2D eigenvalue weighted by molar-refractivity contribution is 6.08. The van der Waals surface area contributed by atoms with E-state index in [0.717, 1.165) is 34.4 Å². The Bertz CT molecular complexity index is 1190. The summed E-state index contributed by atoms with van der Waals surface area (Å²) in [4.78, 5) is 8.85. The fraction of sp³-hybridized carbons (Fsp3) is 0.304. The zero-order valence-corrected chi connectivity index (χ0v) is 14.5. The zero-order chi connectivity index (χ0) is 20.0. The average Bonchev–Trinajstić information content (AvgIpc) is 3.34. The van der Waals surface area contributed by atoms with Crippen LogP contribution in [0.25, 0.3) is 33.3 Å². The summed E-state index contributed by atoms with van der Waals surface area (Å²) in [5.74, 6) is 0.773. The Kier molecular flexibility index (Phi) is 3.03. The summed E-state index contributed by atoms with van der Waals surface area (Å²) >= 11 is 0. The molecule has 1 saturated carbocycles. The molecular formula is C23H22N2O. The number of hydrogen-bond donors (Lipinski definition) is 0. The molecule has 0 atom stereocenters. The molecule has 0 N–H and O–H groups in total. The van der Waals surface area contributed by atoms with Crippen LogP contribution < -0.4 is 0 Å². The smallest absolute Gasteiger partial charge is 0.227 e. The first-order valence-electron chi connectivity index (χ1n) is 10.8. The third kappa shape index (κ3) is 2.68. The molecule has 0 saturated heterocycles. The molecule has 4 aromatic rings. The van der Waals surface area contributed by atoms with Crippen molar-refractivity contribution < 1.29 is 8.53 Å². The van der Waals surface area contributed by atoms with E-state index >= 15 is 0 Å². The number of pyridine rings is 2. The molecule has 0 unspecified atom stereocenters. The molecule has 0 aliphatic heterocycles. The number of para-hydroxylation sites is 1. The van der Waals surface area contributed by atoms with Crippen LogP contribution in [0.5, 0.6) is 0 Å². The summed E-state index contributed by atoms with van der Waals surface area (Å²) in [6, 6.07) is 13.5. The summed E-state index contributed by atoms with van der Waals surface area (Å²) in [6.07, 6.45) is 8.27. The molecule has 5 rings (SSSR count). The molecule has 1 aliphatic carbocycles. The third-order valence-corrected chi connectivity index (χ3v) is 5.46. The van der Waals surface area contributed by atoms with E-state index in [4.69, 9.17) is 8.53 Å². The molecule has 130 valence electrons. The maximum absolute atomic E-state index is 7.59. The predicted octanol–water partition coefficient (Wildman–Crippen LogP) is 6.08. The Morgan fingerprint density at radius 2 is 2.04 bits per heavy atom. The molecule has 3 heterocycles. The molecule has 3 aromatic heterocycles. The van der Waals surface area contributed by atoms with Crippen molar-refractivity contribution in [1.82, 2.24) is 9.97 Å². The van der Waals surface area contributed by atoms with Crippen LogP contribution in [-0.2, 0) is 6.42 Å². The minimum Gasteiger partial charge on any atom is -0.437 e. The van der Waals surface area contributed by atoms with Gasteiger partial charge in [-0.05, 0) is 55.1 Å². The van der Waals surface area contributed by atoms with Gasteiger partial charge in [-0.2, -0.15) is 0 Å². The maximum Gasteiger partial charge on any atom is 0.227 e. The number of hydrogen-bond acceptors (Lipinski definition) is 3. The SMILES string of the molecule is [2H]C([2H])([2H])c1ccc2c(n1)oc1c(-c3cc(CC4CCCC4)ccn3)cccc12. The number of furan rings is 1. The number of aromatic nitrogens is 2. The van der Waals surface area contributed by atoms with Gasteiger partial charge in [0.1, 0.15) is 5.58 Å². The van der Waals surface area contributed by atoms with Crippen LogP contribution in [0, 0.1) is 12.8 Å². The van der Waals surface area contributed by atoms with E-state index in [1.54, 1.807) is 12.1 Å². The van der Waals surface area contributed by atoms with Crippen LogP contribution in [0.1, 0.15) is 41.1 Å². The highest BCUT2D eigenvalue weighted by atomic mass is 16.3. The molecule has 0 spiro atoms. The molecule has 26 heavy (non-hydrogen) atoms. The van der Waals surface area contributed by atoms with Crippen molar-refractivity contribution in [1.29, 1.82) is 0 Å². The number of aryl methyl sites for hydroxylation is 1. The quantitative estimate of drug-likeness (QED) is 0.451. The van der Waals surface area contributed by atoms with Crippen LogP contribution in [0.3, 0.4) is 0 Å². The van der Waals surface area contributed by atoms with E-state index in [1.807, 2.05) is 24.4 Å². The van der Waals surface area contributed by atoms with Crippen molar-refractivity contribution in [2.75, 3.05) is 0 Å². The third-order valence-electron chi connectivity index (χ3n) is 5.46. The maximum atomic E-state index is 7.59. The van der Waals surface area contributed by atoms with Gasteiger partial charge in [-0.15, -0.1) is 0 Å². The van der Waals surface area contributed by atoms with Crippen molar-refractivity contribution in [2.24, 2.45) is 5.92 Å². The molecule has 3 nitrogen and oxygen atoms in total. The van der Waals surface area contributed by atoms with E-state index in [9.17, 15) is 0 Å². The Morgan fingerprint density at radius 1 is 1.12 bits per heavy atom. The van der Waals surface area contributed by atoms with Crippen molar-refractivity contribution in [3.8, 4) is 11.3 Å². The molecule has 0 bridgehead atoms. The van der Waals surface area contributed by atoms with Gasteiger partial charge in [-0.25, -0.2) is 4.98 Å². The lowest BCUT2D eigenvalue weighted by molar-refractivity contribution is 0.546. The topological polar surface area (TPSA) is 38.9 Å². The number of rotatable bonds is 3. The summed E-state index contributed by atoms with van der Waals surface area (Å²) in [7, 11) is 0. The van der Waals surface area contributed by atoms with E-state index < -0.39 is 6.85 Å². The lowest BCUT2D eigenvalue weighted by Gasteiger charge is -2.10. The Morgan fingerprint density at radius 3 is 2.92 bits per heavy atom. The van der Waals surface area contributed by atoms with Gasteiger partial charge < -0.3 is 4.42 Å². The van der Waals surface area contributed by atoms with Gasteiger partial charge in [-0.1, -0.05) is 37.8 Å². The Hall–Kier alpha value is -2.68. The summed E-state index contributed by atoms with van der Waals surface area (Å²) in [6.45, 7) is -2.26. The standard InChI is InChI=1S/C23H22N2O/c1-15-9-10-19-18-7-4-8-20(22(18)26-23(19)25-15)21-14-17(11-12-24-21)13-16-5-2-3-6-16/h4,7-12,14,16H,2-3,5-6,13H2,1H3/i1D3. The summed E-state index contributed by atoms with van der Waals surface area (Å²) < 4.78 is 28.8. The molecule has 0 amide bonds. The number of benzene rings is 1. The number of nitrogens with zero attached hydrogens (tertiary/aromatic N) is 2. The minimum absolute atomic E-state index is 0.0438. The first-order valence-corrected chi connectivity index (χ1v) is 9.27. The van der Waals surface area contributed by atoms with E-state index in [1.165, 1.54) is 31.2 Å². The first kappa shape index (κ1) is 12.6. The van der Waals surface area contributed by atoms with Crippen molar-refractivity contribution >= 4 is 22.1 Å². The van der Waals surface area contributed by atoms with Gasteiger partial charge in [0.2, 0.25) is 5.71 Å². The average molecular weight is 345 g/mol. The van der Waals surface area contributed by atoms with Crippen LogP contribution in [0.4, 0.5) is 0 Å². The van der Waals surface area contributed by atoms with Gasteiger partial charge in [0.05, 0.1) is 5.69 Å². The highest BCUT2D eigenvalue weighted by Gasteiger charge is 2.17. The Balaban J connectivity index is 1.60. The van der Waals surface area contributed by atoms with Gasteiger partial charge in [0.15, 0.2) is 0 Å². The molecule has 1 aromatic carbocycles. The van der Waals surface area contributed by atoms with Crippen molar-refractivity contribution in [3.05, 3.63) is 59.9 Å². The molecule has 1 aliphatic rings. The minimum atomic E-state index is -2.26. The molecule has 3 heteroatoms. The highest BCUT2D eigenvalue weighted by Crippen LogP contribution is 2.35. The van der Waals surface area contributed by atoms with Crippen LogP contribution in [-0.4, -0.2) is 9.97 Å². The largest absolute Gasteiger partial charge is 0.437 e. The molecule has 0 radical (unpaired) electrons. The predicted molar refractivity (Wildman–Crippen MR) is 105 cm³/mol. The monoisotopic (exact) mass is 345 g/mol. The van der Waals surface area contributed by atoms with Crippen LogP contribution in [0.2, 0.25) is 0 Å². The molecule has 1 fully saturated rings. The van der Waals surface area contributed by atoms with Crippen LogP contribution in [0.15, 0.2) is 53.1 Å². The second kappa shape index (κ2) is 6.24. The first-order chi connectivity index (χ1) is 14.0.